The van der Waals surface area contributed by atoms with Crippen LogP contribution in [-0.4, -0.2) is 28.3 Å². The molecule has 0 aromatic heterocycles. The zero-order chi connectivity index (χ0) is 12.4. The second kappa shape index (κ2) is 4.53. The first-order valence-electron chi connectivity index (χ1n) is 4.89. The predicted molar refractivity (Wildman–Crippen MR) is 63.0 cm³/mol. The Hall–Kier alpha value is -0.910. The van der Waals surface area contributed by atoms with Crippen molar-refractivity contribution >= 4 is 9.84 Å². The van der Waals surface area contributed by atoms with Crippen molar-refractivity contribution in [2.75, 3.05) is 19.9 Å². The summed E-state index contributed by atoms with van der Waals surface area (Å²) in [6.07, 6.45) is 1.18. The van der Waals surface area contributed by atoms with Crippen LogP contribution in [0.4, 0.5) is 0 Å². The lowest BCUT2D eigenvalue weighted by atomic mass is 9.96. The highest BCUT2D eigenvalue weighted by Crippen LogP contribution is 2.25. The van der Waals surface area contributed by atoms with E-state index in [1.165, 1.54) is 6.26 Å². The summed E-state index contributed by atoms with van der Waals surface area (Å²) in [7, 11) is -1.64. The van der Waals surface area contributed by atoms with Crippen molar-refractivity contribution in [2.24, 2.45) is 5.73 Å². The lowest BCUT2D eigenvalue weighted by Crippen LogP contribution is -2.33. The van der Waals surface area contributed by atoms with E-state index in [0.29, 0.717) is 0 Å². The first-order valence-corrected chi connectivity index (χ1v) is 6.78. The van der Waals surface area contributed by atoms with Crippen LogP contribution in [0.5, 0.6) is 0 Å². The maximum Gasteiger partial charge on any atom is 0.175 e. The molecule has 1 unspecified atom stereocenters. The number of benzene rings is 1. The van der Waals surface area contributed by atoms with Crippen LogP contribution in [0, 0.1) is 0 Å². The van der Waals surface area contributed by atoms with E-state index in [2.05, 4.69) is 0 Å². The first kappa shape index (κ1) is 13.2. The molecule has 0 fully saturated rings. The van der Waals surface area contributed by atoms with Gasteiger partial charge in [0.2, 0.25) is 0 Å². The molecule has 16 heavy (non-hydrogen) atoms. The fourth-order valence-corrected chi connectivity index (χ4v) is 2.04. The summed E-state index contributed by atoms with van der Waals surface area (Å²) in [6.45, 7) is 2.12. The maximum atomic E-state index is 11.4. The zero-order valence-electron chi connectivity index (χ0n) is 9.73. The Morgan fingerprint density at radius 3 is 2.50 bits per heavy atom. The molecule has 2 N–H and O–H groups in total. The number of hydrogen-bond acceptors (Lipinski definition) is 4. The minimum absolute atomic E-state index is 0.279. The minimum atomic E-state index is -3.20. The average molecular weight is 243 g/mol. The van der Waals surface area contributed by atoms with Gasteiger partial charge in [-0.1, -0.05) is 12.1 Å². The number of hydrogen-bond donors (Lipinski definition) is 1. The van der Waals surface area contributed by atoms with Crippen molar-refractivity contribution in [3.8, 4) is 0 Å². The van der Waals surface area contributed by atoms with E-state index < -0.39 is 15.4 Å². The number of methoxy groups -OCH3 is 1. The van der Waals surface area contributed by atoms with Gasteiger partial charge in [0.25, 0.3) is 0 Å². The second-order valence-electron chi connectivity index (χ2n) is 3.94. The van der Waals surface area contributed by atoms with Crippen LogP contribution < -0.4 is 5.73 Å². The van der Waals surface area contributed by atoms with Gasteiger partial charge in [-0.2, -0.15) is 0 Å². The van der Waals surface area contributed by atoms with E-state index in [4.69, 9.17) is 10.5 Å². The third kappa shape index (κ3) is 2.61. The Bertz CT molecular complexity index is 464. The average Bonchev–Trinajstić information content (AvgIpc) is 2.27. The second-order valence-corrected chi connectivity index (χ2v) is 5.95. The third-order valence-electron chi connectivity index (χ3n) is 2.71. The fraction of sp³-hybridized carbons (Fsp3) is 0.455. The van der Waals surface area contributed by atoms with Gasteiger partial charge in [-0.15, -0.1) is 0 Å². The molecule has 0 amide bonds. The van der Waals surface area contributed by atoms with E-state index in [1.54, 1.807) is 25.3 Å². The summed E-state index contributed by atoms with van der Waals surface area (Å²) >= 11 is 0. The third-order valence-corrected chi connectivity index (χ3v) is 3.82. The molecule has 5 heteroatoms. The van der Waals surface area contributed by atoms with Gasteiger partial charge in [0.1, 0.15) is 5.60 Å². The molecule has 90 valence electrons. The van der Waals surface area contributed by atoms with Crippen molar-refractivity contribution in [3.05, 3.63) is 29.8 Å². The first-order chi connectivity index (χ1) is 7.33. The standard InChI is InChI=1S/C11H17NO3S/c1-11(8-12,15-2)9-5-4-6-10(7-9)16(3,13)14/h4-7H,8,12H2,1-3H3. The molecule has 4 nitrogen and oxygen atoms in total. The Morgan fingerprint density at radius 1 is 1.44 bits per heavy atom. The van der Waals surface area contributed by atoms with Crippen molar-refractivity contribution < 1.29 is 13.2 Å². The van der Waals surface area contributed by atoms with Crippen molar-refractivity contribution in [1.82, 2.24) is 0 Å². The molecule has 1 aromatic carbocycles. The molecule has 0 saturated carbocycles. The van der Waals surface area contributed by atoms with Crippen molar-refractivity contribution in [3.63, 3.8) is 0 Å². The molecule has 0 heterocycles. The molecule has 0 bridgehead atoms. The van der Waals surface area contributed by atoms with E-state index >= 15 is 0 Å². The Balaban J connectivity index is 3.28. The summed E-state index contributed by atoms with van der Waals surface area (Å²) < 4.78 is 28.2. The molecule has 0 aliphatic carbocycles. The number of nitrogens with two attached hydrogens (primary N) is 1. The van der Waals surface area contributed by atoms with Gasteiger partial charge in [-0.3, -0.25) is 0 Å². The van der Waals surface area contributed by atoms with Crippen LogP contribution in [0.3, 0.4) is 0 Å². The van der Waals surface area contributed by atoms with Gasteiger partial charge in [0.05, 0.1) is 4.90 Å². The van der Waals surface area contributed by atoms with Crippen molar-refractivity contribution in [2.45, 2.75) is 17.4 Å². The van der Waals surface area contributed by atoms with Gasteiger partial charge in [-0.05, 0) is 24.6 Å². The summed E-state index contributed by atoms with van der Waals surface area (Å²) in [4.78, 5) is 0.279. The quantitative estimate of drug-likeness (QED) is 0.853. The van der Waals surface area contributed by atoms with Crippen LogP contribution >= 0.6 is 0 Å². The summed E-state index contributed by atoms with van der Waals surface area (Å²) in [6, 6.07) is 6.67. The normalized spacial score (nSPS) is 15.8. The molecule has 1 rings (SSSR count). The molecule has 0 saturated heterocycles. The van der Waals surface area contributed by atoms with Crippen LogP contribution in [-0.2, 0) is 20.2 Å². The van der Waals surface area contributed by atoms with Crippen molar-refractivity contribution in [1.29, 1.82) is 0 Å². The summed E-state index contributed by atoms with van der Waals surface area (Å²) in [5.74, 6) is 0. The molecule has 0 aliphatic heterocycles. The smallest absolute Gasteiger partial charge is 0.175 e. The van der Waals surface area contributed by atoms with E-state index in [9.17, 15) is 8.42 Å². The lowest BCUT2D eigenvalue weighted by Gasteiger charge is -2.27. The molecular weight excluding hydrogens is 226 g/mol. The van der Waals surface area contributed by atoms with Crippen LogP contribution in [0.15, 0.2) is 29.2 Å². The molecule has 1 aromatic rings. The van der Waals surface area contributed by atoms with E-state index in [1.807, 2.05) is 13.0 Å². The zero-order valence-corrected chi connectivity index (χ0v) is 10.5. The van der Waals surface area contributed by atoms with Crippen LogP contribution in [0.25, 0.3) is 0 Å². The van der Waals surface area contributed by atoms with Gasteiger partial charge in [0, 0.05) is 19.9 Å². The summed E-state index contributed by atoms with van der Waals surface area (Å²) in [5, 5.41) is 0. The number of rotatable bonds is 4. The van der Waals surface area contributed by atoms with E-state index in [-0.39, 0.29) is 11.4 Å². The van der Waals surface area contributed by atoms with Gasteiger partial charge < -0.3 is 10.5 Å². The largest absolute Gasteiger partial charge is 0.372 e. The van der Waals surface area contributed by atoms with Crippen LogP contribution in [0.2, 0.25) is 0 Å². The Morgan fingerprint density at radius 2 is 2.06 bits per heavy atom. The van der Waals surface area contributed by atoms with Crippen LogP contribution in [0.1, 0.15) is 12.5 Å². The lowest BCUT2D eigenvalue weighted by molar-refractivity contribution is 0.00990. The monoisotopic (exact) mass is 243 g/mol. The number of sulfone groups is 1. The molecule has 0 spiro atoms. The highest BCUT2D eigenvalue weighted by Gasteiger charge is 2.25. The van der Waals surface area contributed by atoms with Gasteiger partial charge >= 0.3 is 0 Å². The Labute approximate surface area is 96.3 Å². The highest BCUT2D eigenvalue weighted by molar-refractivity contribution is 7.90. The fourth-order valence-electron chi connectivity index (χ4n) is 1.37. The highest BCUT2D eigenvalue weighted by atomic mass is 32.2. The number of ether oxygens (including phenoxy) is 1. The van der Waals surface area contributed by atoms with Gasteiger partial charge in [-0.25, -0.2) is 8.42 Å². The topological polar surface area (TPSA) is 69.4 Å². The SMILES string of the molecule is COC(C)(CN)c1cccc(S(C)(=O)=O)c1. The minimum Gasteiger partial charge on any atom is -0.372 e. The summed E-state index contributed by atoms with van der Waals surface area (Å²) in [5.41, 5.74) is 5.75. The molecule has 1 atom stereocenters. The molecule has 0 aliphatic rings. The molecular formula is C11H17NO3S. The van der Waals surface area contributed by atoms with Gasteiger partial charge in [0.15, 0.2) is 9.84 Å². The maximum absolute atomic E-state index is 11.4. The predicted octanol–water partition coefficient (Wildman–Crippen LogP) is 0.910. The van der Waals surface area contributed by atoms with E-state index in [0.717, 1.165) is 5.56 Å². The Kier molecular flexibility index (Phi) is 3.72. The molecule has 0 radical (unpaired) electrons.